The van der Waals surface area contributed by atoms with Crippen molar-refractivity contribution >= 4 is 5.91 Å². The first kappa shape index (κ1) is 16.2. The first-order chi connectivity index (χ1) is 11.0. The number of hydrogen-bond acceptors (Lipinski definition) is 3. The van der Waals surface area contributed by atoms with Crippen LogP contribution in [0.5, 0.6) is 5.75 Å². The van der Waals surface area contributed by atoms with Gasteiger partial charge in [-0.3, -0.25) is 4.79 Å². The molecule has 1 amide bonds. The molecule has 2 atom stereocenters. The van der Waals surface area contributed by atoms with E-state index in [-0.39, 0.29) is 23.2 Å². The highest BCUT2D eigenvalue weighted by molar-refractivity contribution is 5.82. The second-order valence-electron chi connectivity index (χ2n) is 7.12. The quantitative estimate of drug-likeness (QED) is 0.927. The molecular weight excluding hydrogens is 297 g/mol. The van der Waals surface area contributed by atoms with Gasteiger partial charge in [0.2, 0.25) is 0 Å². The summed E-state index contributed by atoms with van der Waals surface area (Å²) in [6, 6.07) is 4.36. The average Bonchev–Trinajstić information content (AvgIpc) is 2.96. The zero-order valence-corrected chi connectivity index (χ0v) is 13.7. The van der Waals surface area contributed by atoms with Gasteiger partial charge < -0.3 is 14.8 Å². The van der Waals surface area contributed by atoms with E-state index in [4.69, 9.17) is 9.47 Å². The lowest BCUT2D eigenvalue weighted by molar-refractivity contribution is -0.128. The standard InChI is InChI=1S/C18H24FNO3/c1-18(2,16-5-3-4-8-22-16)11-20-17(21)15-10-12-9-13(19)6-7-14(12)23-15/h6-7,9,15-16H,3-5,8,10-11H2,1-2H3,(H,20,21)/t15-,16-/m0/s1. The van der Waals surface area contributed by atoms with Crippen molar-refractivity contribution < 1.29 is 18.7 Å². The van der Waals surface area contributed by atoms with E-state index >= 15 is 0 Å². The number of rotatable bonds is 4. The molecule has 126 valence electrons. The third-order valence-electron chi connectivity index (χ3n) is 4.76. The lowest BCUT2D eigenvalue weighted by Gasteiger charge is -2.37. The lowest BCUT2D eigenvalue weighted by Crippen LogP contribution is -2.47. The van der Waals surface area contributed by atoms with Crippen molar-refractivity contribution in [3.05, 3.63) is 29.6 Å². The van der Waals surface area contributed by atoms with Crippen molar-refractivity contribution in [3.63, 3.8) is 0 Å². The molecule has 0 bridgehead atoms. The molecule has 5 heteroatoms. The van der Waals surface area contributed by atoms with Crippen LogP contribution in [0.3, 0.4) is 0 Å². The van der Waals surface area contributed by atoms with Crippen molar-refractivity contribution in [3.8, 4) is 5.75 Å². The van der Waals surface area contributed by atoms with Crippen molar-refractivity contribution in [1.29, 1.82) is 0 Å². The largest absolute Gasteiger partial charge is 0.480 e. The van der Waals surface area contributed by atoms with Gasteiger partial charge in [-0.25, -0.2) is 4.39 Å². The van der Waals surface area contributed by atoms with E-state index in [1.165, 1.54) is 18.6 Å². The van der Waals surface area contributed by atoms with E-state index in [1.54, 1.807) is 6.07 Å². The summed E-state index contributed by atoms with van der Waals surface area (Å²) in [5.74, 6) is 0.149. The summed E-state index contributed by atoms with van der Waals surface area (Å²) in [7, 11) is 0. The minimum Gasteiger partial charge on any atom is -0.480 e. The van der Waals surface area contributed by atoms with Crippen LogP contribution >= 0.6 is 0 Å². The zero-order valence-electron chi connectivity index (χ0n) is 13.7. The van der Waals surface area contributed by atoms with Crippen LogP contribution in [0.2, 0.25) is 0 Å². The molecule has 1 fully saturated rings. The number of fused-ring (bicyclic) bond motifs is 1. The number of carbonyl (C=O) groups excluding carboxylic acids is 1. The molecular formula is C18H24FNO3. The van der Waals surface area contributed by atoms with Crippen LogP contribution in [0.15, 0.2) is 18.2 Å². The molecule has 2 heterocycles. The van der Waals surface area contributed by atoms with Gasteiger partial charge in [0.25, 0.3) is 5.91 Å². The van der Waals surface area contributed by atoms with Crippen LogP contribution < -0.4 is 10.1 Å². The highest BCUT2D eigenvalue weighted by Crippen LogP contribution is 2.31. The summed E-state index contributed by atoms with van der Waals surface area (Å²) in [6.45, 7) is 5.57. The van der Waals surface area contributed by atoms with Crippen LogP contribution in [0.25, 0.3) is 0 Å². The van der Waals surface area contributed by atoms with Gasteiger partial charge in [0.15, 0.2) is 6.10 Å². The van der Waals surface area contributed by atoms with E-state index in [0.29, 0.717) is 18.7 Å². The normalized spacial score (nSPS) is 24.0. The SMILES string of the molecule is CC(C)(CNC(=O)[C@@H]1Cc2cc(F)ccc2O1)[C@@H]1CCCCO1. The third-order valence-corrected chi connectivity index (χ3v) is 4.76. The molecule has 0 spiro atoms. The molecule has 0 aromatic heterocycles. The summed E-state index contributed by atoms with van der Waals surface area (Å²) in [6.07, 6.45) is 3.34. The summed E-state index contributed by atoms with van der Waals surface area (Å²) < 4.78 is 24.7. The summed E-state index contributed by atoms with van der Waals surface area (Å²) in [4.78, 5) is 12.4. The summed E-state index contributed by atoms with van der Waals surface area (Å²) >= 11 is 0. The number of benzene rings is 1. The van der Waals surface area contributed by atoms with Crippen LogP contribution in [-0.2, 0) is 16.0 Å². The Morgan fingerprint density at radius 2 is 2.22 bits per heavy atom. The van der Waals surface area contributed by atoms with E-state index in [9.17, 15) is 9.18 Å². The highest BCUT2D eigenvalue weighted by Gasteiger charge is 2.34. The first-order valence-corrected chi connectivity index (χ1v) is 8.30. The molecule has 0 unspecified atom stereocenters. The molecule has 1 aromatic rings. The van der Waals surface area contributed by atoms with Crippen molar-refractivity contribution in [2.75, 3.05) is 13.2 Å². The number of amides is 1. The fraction of sp³-hybridized carbons (Fsp3) is 0.611. The lowest BCUT2D eigenvalue weighted by atomic mass is 9.82. The predicted molar refractivity (Wildman–Crippen MR) is 84.9 cm³/mol. The molecule has 0 aliphatic carbocycles. The Morgan fingerprint density at radius 1 is 1.39 bits per heavy atom. The predicted octanol–water partition coefficient (Wildman–Crippen LogP) is 2.84. The Bertz CT molecular complexity index is 582. The summed E-state index contributed by atoms with van der Waals surface area (Å²) in [5.41, 5.74) is 0.633. The van der Waals surface area contributed by atoms with E-state index in [2.05, 4.69) is 19.2 Å². The fourth-order valence-corrected chi connectivity index (χ4v) is 3.26. The van der Waals surface area contributed by atoms with Gasteiger partial charge in [-0.15, -0.1) is 0 Å². The van der Waals surface area contributed by atoms with Crippen molar-refractivity contribution in [1.82, 2.24) is 5.32 Å². The Morgan fingerprint density at radius 3 is 2.96 bits per heavy atom. The fourth-order valence-electron chi connectivity index (χ4n) is 3.26. The molecule has 1 N–H and O–H groups in total. The van der Waals surface area contributed by atoms with Gasteiger partial charge in [0.1, 0.15) is 11.6 Å². The smallest absolute Gasteiger partial charge is 0.261 e. The number of carbonyl (C=O) groups is 1. The Balaban J connectivity index is 1.54. The van der Waals surface area contributed by atoms with Crippen LogP contribution in [0.4, 0.5) is 4.39 Å². The van der Waals surface area contributed by atoms with Crippen molar-refractivity contribution in [2.45, 2.75) is 51.7 Å². The Hall–Kier alpha value is -1.62. The molecule has 4 nitrogen and oxygen atoms in total. The first-order valence-electron chi connectivity index (χ1n) is 8.30. The van der Waals surface area contributed by atoms with Gasteiger partial charge >= 0.3 is 0 Å². The van der Waals surface area contributed by atoms with Crippen molar-refractivity contribution in [2.24, 2.45) is 5.41 Å². The van der Waals surface area contributed by atoms with E-state index < -0.39 is 6.10 Å². The molecule has 1 aromatic carbocycles. The maximum Gasteiger partial charge on any atom is 0.261 e. The van der Waals surface area contributed by atoms with Gasteiger partial charge in [-0.2, -0.15) is 0 Å². The molecule has 1 saturated heterocycles. The minimum absolute atomic E-state index is 0.117. The van der Waals surface area contributed by atoms with Gasteiger partial charge in [0, 0.05) is 30.6 Å². The third kappa shape index (κ3) is 3.66. The minimum atomic E-state index is -0.574. The van der Waals surface area contributed by atoms with Crippen LogP contribution in [0, 0.1) is 11.2 Å². The van der Waals surface area contributed by atoms with Crippen LogP contribution in [-0.4, -0.2) is 31.3 Å². The second-order valence-corrected chi connectivity index (χ2v) is 7.12. The molecule has 2 aliphatic rings. The number of nitrogens with one attached hydrogen (secondary N) is 1. The topological polar surface area (TPSA) is 47.6 Å². The highest BCUT2D eigenvalue weighted by atomic mass is 19.1. The second kappa shape index (κ2) is 6.48. The van der Waals surface area contributed by atoms with Crippen LogP contribution in [0.1, 0.15) is 38.7 Å². The average molecular weight is 321 g/mol. The molecule has 3 rings (SSSR count). The summed E-state index contributed by atoms with van der Waals surface area (Å²) in [5, 5.41) is 2.97. The molecule has 0 saturated carbocycles. The number of ether oxygens (including phenoxy) is 2. The van der Waals surface area contributed by atoms with Gasteiger partial charge in [0.05, 0.1) is 6.10 Å². The van der Waals surface area contributed by atoms with Gasteiger partial charge in [-0.1, -0.05) is 13.8 Å². The Kier molecular flexibility index (Phi) is 4.57. The Labute approximate surface area is 136 Å². The maximum atomic E-state index is 13.2. The molecule has 2 aliphatic heterocycles. The maximum absolute atomic E-state index is 13.2. The molecule has 0 radical (unpaired) electrons. The van der Waals surface area contributed by atoms with E-state index in [0.717, 1.165) is 25.0 Å². The van der Waals surface area contributed by atoms with Gasteiger partial charge in [-0.05, 0) is 37.5 Å². The monoisotopic (exact) mass is 321 g/mol. The number of halogens is 1. The van der Waals surface area contributed by atoms with E-state index in [1.807, 2.05) is 0 Å². The molecule has 23 heavy (non-hydrogen) atoms. The number of hydrogen-bond donors (Lipinski definition) is 1. The zero-order chi connectivity index (χ0) is 16.4.